The molecule has 184 valence electrons. The van der Waals surface area contributed by atoms with Crippen molar-refractivity contribution in [2.45, 2.75) is 38.8 Å². The molecule has 36 heavy (non-hydrogen) atoms. The van der Waals surface area contributed by atoms with Gasteiger partial charge in [0.2, 0.25) is 5.89 Å². The second-order valence-corrected chi connectivity index (χ2v) is 9.18. The molecule has 1 aliphatic heterocycles. The molecule has 6 nitrogen and oxygen atoms in total. The third-order valence-corrected chi connectivity index (χ3v) is 6.67. The number of benzene rings is 3. The summed E-state index contributed by atoms with van der Waals surface area (Å²) in [6.07, 6.45) is 2.26. The lowest BCUT2D eigenvalue weighted by Crippen LogP contribution is -2.35. The van der Waals surface area contributed by atoms with E-state index in [9.17, 15) is 9.90 Å². The van der Waals surface area contributed by atoms with E-state index in [1.54, 1.807) is 0 Å². The summed E-state index contributed by atoms with van der Waals surface area (Å²) in [7, 11) is 0. The van der Waals surface area contributed by atoms with Gasteiger partial charge in [-0.25, -0.2) is 4.98 Å². The Morgan fingerprint density at radius 1 is 1.03 bits per heavy atom. The van der Waals surface area contributed by atoms with Crippen LogP contribution in [0.5, 0.6) is 5.75 Å². The van der Waals surface area contributed by atoms with E-state index < -0.39 is 12.0 Å². The van der Waals surface area contributed by atoms with E-state index in [0.717, 1.165) is 46.9 Å². The fraction of sp³-hybridized carbons (Fsp3) is 0.267. The van der Waals surface area contributed by atoms with Crippen LogP contribution in [0.3, 0.4) is 0 Å². The minimum Gasteiger partial charge on any atom is -0.493 e. The first-order valence-corrected chi connectivity index (χ1v) is 12.4. The Hall–Kier alpha value is -3.90. The molecule has 0 saturated carbocycles. The van der Waals surface area contributed by atoms with Crippen molar-refractivity contribution in [3.05, 3.63) is 95.9 Å². The van der Waals surface area contributed by atoms with Gasteiger partial charge in [-0.3, -0.25) is 9.69 Å². The van der Waals surface area contributed by atoms with Gasteiger partial charge in [0, 0.05) is 18.5 Å². The predicted octanol–water partition coefficient (Wildman–Crippen LogP) is 5.99. The van der Waals surface area contributed by atoms with Gasteiger partial charge < -0.3 is 14.3 Å². The zero-order valence-corrected chi connectivity index (χ0v) is 20.4. The van der Waals surface area contributed by atoms with Gasteiger partial charge in [0.1, 0.15) is 17.6 Å². The lowest BCUT2D eigenvalue weighted by molar-refractivity contribution is -0.142. The Labute approximate surface area is 211 Å². The molecule has 0 amide bonds. The largest absolute Gasteiger partial charge is 0.493 e. The maximum atomic E-state index is 11.5. The summed E-state index contributed by atoms with van der Waals surface area (Å²) in [5, 5.41) is 9.42. The number of aryl methyl sites for hydroxylation is 1. The molecule has 5 rings (SSSR count). The van der Waals surface area contributed by atoms with Crippen molar-refractivity contribution in [1.29, 1.82) is 0 Å². The molecule has 1 N–H and O–H groups in total. The number of rotatable bonds is 9. The van der Waals surface area contributed by atoms with Crippen LogP contribution >= 0.6 is 0 Å². The topological polar surface area (TPSA) is 75.8 Å². The molecule has 0 spiro atoms. The zero-order chi connectivity index (χ0) is 24.9. The second-order valence-electron chi connectivity index (χ2n) is 9.18. The summed E-state index contributed by atoms with van der Waals surface area (Å²) >= 11 is 0. The maximum Gasteiger partial charge on any atom is 0.320 e. The third kappa shape index (κ3) is 5.50. The van der Waals surface area contributed by atoms with Crippen LogP contribution in [-0.2, 0) is 17.8 Å². The van der Waals surface area contributed by atoms with Crippen molar-refractivity contribution in [1.82, 2.24) is 9.88 Å². The van der Waals surface area contributed by atoms with Gasteiger partial charge in [0.15, 0.2) is 0 Å². The second kappa shape index (κ2) is 10.8. The number of hydrogen-bond acceptors (Lipinski definition) is 5. The number of likely N-dealkylation sites (tertiary alicyclic amines) is 1. The van der Waals surface area contributed by atoms with E-state index in [-0.39, 0.29) is 0 Å². The van der Waals surface area contributed by atoms with Crippen molar-refractivity contribution in [2.24, 2.45) is 0 Å². The van der Waals surface area contributed by atoms with Crippen molar-refractivity contribution >= 4 is 5.97 Å². The minimum absolute atomic E-state index is 0.395. The van der Waals surface area contributed by atoms with Gasteiger partial charge in [0.05, 0.1) is 12.3 Å². The summed E-state index contributed by atoms with van der Waals surface area (Å²) in [4.78, 5) is 18.2. The highest BCUT2D eigenvalue weighted by atomic mass is 16.5. The number of carboxylic acid groups (broad SMARTS) is 1. The van der Waals surface area contributed by atoms with Gasteiger partial charge in [-0.05, 0) is 67.3 Å². The van der Waals surface area contributed by atoms with Crippen molar-refractivity contribution < 1.29 is 19.1 Å². The van der Waals surface area contributed by atoms with Crippen LogP contribution in [0.1, 0.15) is 29.9 Å². The molecular formula is C30H30N2O4. The number of aliphatic carboxylic acids is 1. The van der Waals surface area contributed by atoms with Crippen molar-refractivity contribution in [3.8, 4) is 28.3 Å². The average molecular weight is 483 g/mol. The van der Waals surface area contributed by atoms with Crippen LogP contribution in [-0.4, -0.2) is 40.2 Å². The monoisotopic (exact) mass is 482 g/mol. The van der Waals surface area contributed by atoms with Crippen LogP contribution in [0.2, 0.25) is 0 Å². The van der Waals surface area contributed by atoms with Gasteiger partial charge in [0.25, 0.3) is 0 Å². The molecule has 0 unspecified atom stereocenters. The molecule has 0 bridgehead atoms. The van der Waals surface area contributed by atoms with Crippen LogP contribution in [0.4, 0.5) is 0 Å². The minimum atomic E-state index is -0.741. The Morgan fingerprint density at radius 3 is 2.56 bits per heavy atom. The number of carboxylic acids is 1. The standard InChI is InChI=1S/C30H30N2O4/c1-21-27(31-29(36-21)25-14-12-24(13-15-25)23-8-3-2-4-9-23)16-18-35-26-10-5-7-22(19-26)20-32-17-6-11-28(32)30(33)34/h2-5,7-10,12-15,19,28H,6,11,16-18,20H2,1H3,(H,33,34)/t28-/m0/s1. The summed E-state index contributed by atoms with van der Waals surface area (Å²) in [6.45, 7) is 3.83. The highest BCUT2D eigenvalue weighted by molar-refractivity contribution is 5.73. The van der Waals surface area contributed by atoms with Crippen molar-refractivity contribution in [2.75, 3.05) is 13.2 Å². The molecule has 3 aromatic carbocycles. The summed E-state index contributed by atoms with van der Waals surface area (Å²) in [6, 6.07) is 26.0. The number of aromatic nitrogens is 1. The van der Waals surface area contributed by atoms with E-state index in [1.807, 2.05) is 66.4 Å². The van der Waals surface area contributed by atoms with E-state index in [0.29, 0.717) is 31.9 Å². The lowest BCUT2D eigenvalue weighted by Gasteiger charge is -2.21. The van der Waals surface area contributed by atoms with E-state index >= 15 is 0 Å². The summed E-state index contributed by atoms with van der Waals surface area (Å²) < 4.78 is 12.0. The van der Waals surface area contributed by atoms with E-state index in [4.69, 9.17) is 14.1 Å². The number of oxazole rings is 1. The number of ether oxygens (including phenoxy) is 1. The molecule has 1 saturated heterocycles. The first-order chi connectivity index (χ1) is 17.6. The predicted molar refractivity (Wildman–Crippen MR) is 139 cm³/mol. The molecule has 1 aliphatic rings. The molecule has 1 fully saturated rings. The first kappa shape index (κ1) is 23.8. The van der Waals surface area contributed by atoms with E-state index in [1.165, 1.54) is 5.56 Å². The van der Waals surface area contributed by atoms with Gasteiger partial charge in [-0.15, -0.1) is 0 Å². The highest BCUT2D eigenvalue weighted by Gasteiger charge is 2.30. The van der Waals surface area contributed by atoms with E-state index in [2.05, 4.69) is 24.3 Å². The van der Waals surface area contributed by atoms with Gasteiger partial charge >= 0.3 is 5.97 Å². The van der Waals surface area contributed by atoms with Crippen molar-refractivity contribution in [3.63, 3.8) is 0 Å². The Kier molecular flexibility index (Phi) is 7.14. The van der Waals surface area contributed by atoms with Crippen LogP contribution in [0.25, 0.3) is 22.6 Å². The first-order valence-electron chi connectivity index (χ1n) is 12.4. The zero-order valence-electron chi connectivity index (χ0n) is 20.4. The fourth-order valence-electron chi connectivity index (χ4n) is 4.75. The Morgan fingerprint density at radius 2 is 1.78 bits per heavy atom. The average Bonchev–Trinajstić information content (AvgIpc) is 3.51. The molecule has 0 aliphatic carbocycles. The normalized spacial score (nSPS) is 15.8. The highest BCUT2D eigenvalue weighted by Crippen LogP contribution is 2.26. The lowest BCUT2D eigenvalue weighted by atomic mass is 10.0. The molecule has 0 radical (unpaired) electrons. The smallest absolute Gasteiger partial charge is 0.320 e. The van der Waals surface area contributed by atoms with Gasteiger partial charge in [-0.1, -0.05) is 54.6 Å². The van der Waals surface area contributed by atoms with Crippen LogP contribution < -0.4 is 4.74 Å². The number of nitrogens with zero attached hydrogens (tertiary/aromatic N) is 2. The van der Waals surface area contributed by atoms with Crippen LogP contribution in [0, 0.1) is 6.92 Å². The molecule has 1 atom stereocenters. The SMILES string of the molecule is Cc1oc(-c2ccc(-c3ccccc3)cc2)nc1CCOc1cccc(CN2CCC[C@H]2C(=O)O)c1. The fourth-order valence-corrected chi connectivity index (χ4v) is 4.75. The molecule has 1 aromatic heterocycles. The summed E-state index contributed by atoms with van der Waals surface area (Å²) in [5.74, 6) is 1.44. The Balaban J connectivity index is 1.18. The summed E-state index contributed by atoms with van der Waals surface area (Å²) in [5.41, 5.74) is 5.21. The number of hydrogen-bond donors (Lipinski definition) is 1. The molecular weight excluding hydrogens is 452 g/mol. The maximum absolute atomic E-state index is 11.5. The van der Waals surface area contributed by atoms with Gasteiger partial charge in [-0.2, -0.15) is 0 Å². The molecule has 6 heteroatoms. The quantitative estimate of drug-likeness (QED) is 0.316. The molecule has 2 heterocycles. The molecule has 4 aromatic rings. The number of carbonyl (C=O) groups is 1. The van der Waals surface area contributed by atoms with Crippen LogP contribution in [0.15, 0.2) is 83.3 Å². The third-order valence-electron chi connectivity index (χ3n) is 6.67. The Bertz CT molecular complexity index is 1310.